The van der Waals surface area contributed by atoms with Crippen molar-refractivity contribution in [2.45, 2.75) is 19.1 Å². The summed E-state index contributed by atoms with van der Waals surface area (Å²) >= 11 is 1.03. The SMILES string of the molecule is CC(=O)Nc1nc(C(=O)NCC(N2CCNCC2)C(F)(F)F)cs1. The standard InChI is InChI=1S/C13H18F3N5O2S/c1-8(22)19-12-20-9(7-24-12)11(23)18-6-10(13(14,15)16)21-4-2-17-3-5-21/h7,10,17H,2-6H2,1H3,(H,18,23)(H,19,20,22). The smallest absolute Gasteiger partial charge is 0.349 e. The summed E-state index contributed by atoms with van der Waals surface area (Å²) in [7, 11) is 0. The number of aromatic nitrogens is 1. The number of carbonyl (C=O) groups excluding carboxylic acids is 2. The molecule has 3 N–H and O–H groups in total. The van der Waals surface area contributed by atoms with Gasteiger partial charge in [-0.3, -0.25) is 14.5 Å². The van der Waals surface area contributed by atoms with Crippen LogP contribution in [0, 0.1) is 0 Å². The summed E-state index contributed by atoms with van der Waals surface area (Å²) in [4.78, 5) is 28.1. The van der Waals surface area contributed by atoms with Crippen LogP contribution in [0.3, 0.4) is 0 Å². The molecule has 24 heavy (non-hydrogen) atoms. The zero-order valence-electron chi connectivity index (χ0n) is 12.9. The predicted octanol–water partition coefficient (Wildman–Crippen LogP) is 0.667. The Morgan fingerprint density at radius 1 is 1.42 bits per heavy atom. The van der Waals surface area contributed by atoms with E-state index in [1.54, 1.807) is 0 Å². The van der Waals surface area contributed by atoms with Crippen molar-refractivity contribution in [2.75, 3.05) is 38.0 Å². The first-order chi connectivity index (χ1) is 11.3. The first kappa shape index (κ1) is 18.6. The monoisotopic (exact) mass is 365 g/mol. The maximum Gasteiger partial charge on any atom is 0.405 e. The quantitative estimate of drug-likeness (QED) is 0.714. The van der Waals surface area contributed by atoms with Crippen LogP contribution in [0.2, 0.25) is 0 Å². The fraction of sp³-hybridized carbons (Fsp3) is 0.615. The average molecular weight is 365 g/mol. The van der Waals surface area contributed by atoms with E-state index in [1.807, 2.05) is 0 Å². The number of hydrogen-bond donors (Lipinski definition) is 3. The number of hydrogen-bond acceptors (Lipinski definition) is 6. The van der Waals surface area contributed by atoms with Crippen molar-refractivity contribution in [3.8, 4) is 0 Å². The summed E-state index contributed by atoms with van der Waals surface area (Å²) in [5.74, 6) is -1.04. The minimum absolute atomic E-state index is 0.0232. The molecule has 0 radical (unpaired) electrons. The van der Waals surface area contributed by atoms with Gasteiger partial charge in [0.05, 0.1) is 0 Å². The number of thiazole rings is 1. The van der Waals surface area contributed by atoms with Gasteiger partial charge in [-0.25, -0.2) is 4.98 Å². The molecule has 0 aliphatic carbocycles. The van der Waals surface area contributed by atoms with Crippen molar-refractivity contribution in [3.05, 3.63) is 11.1 Å². The molecule has 0 bridgehead atoms. The van der Waals surface area contributed by atoms with Crippen LogP contribution in [-0.2, 0) is 4.79 Å². The Bertz CT molecular complexity index is 586. The molecule has 7 nitrogen and oxygen atoms in total. The fourth-order valence-electron chi connectivity index (χ4n) is 2.31. The van der Waals surface area contributed by atoms with E-state index >= 15 is 0 Å². The number of halogens is 3. The number of alkyl halides is 3. The molecular formula is C13H18F3N5O2S. The molecule has 1 atom stereocenters. The zero-order valence-corrected chi connectivity index (χ0v) is 13.8. The highest BCUT2D eigenvalue weighted by atomic mass is 32.1. The molecule has 0 saturated carbocycles. The third-order valence-electron chi connectivity index (χ3n) is 3.45. The number of carbonyl (C=O) groups is 2. The highest BCUT2D eigenvalue weighted by Gasteiger charge is 2.43. The second kappa shape index (κ2) is 7.90. The number of amides is 2. The number of rotatable bonds is 5. The van der Waals surface area contributed by atoms with Crippen LogP contribution in [0.25, 0.3) is 0 Å². The summed E-state index contributed by atoms with van der Waals surface area (Å²) in [6.45, 7) is 2.24. The van der Waals surface area contributed by atoms with E-state index in [0.717, 1.165) is 11.3 Å². The van der Waals surface area contributed by atoms with Crippen molar-refractivity contribution in [1.29, 1.82) is 0 Å². The molecule has 1 fully saturated rings. The normalized spacial score (nSPS) is 17.3. The topological polar surface area (TPSA) is 86.4 Å². The second-order valence-corrected chi connectivity index (χ2v) is 6.13. The Kier molecular flexibility index (Phi) is 6.13. The lowest BCUT2D eigenvalue weighted by molar-refractivity contribution is -0.183. The molecule has 1 aromatic heterocycles. The van der Waals surface area contributed by atoms with Crippen molar-refractivity contribution < 1.29 is 22.8 Å². The van der Waals surface area contributed by atoms with Gasteiger partial charge in [0.15, 0.2) is 5.13 Å². The molecule has 1 aliphatic heterocycles. The number of nitrogens with one attached hydrogen (secondary N) is 3. The summed E-state index contributed by atoms with van der Waals surface area (Å²) in [6.07, 6.45) is -4.44. The highest BCUT2D eigenvalue weighted by molar-refractivity contribution is 7.14. The van der Waals surface area contributed by atoms with E-state index in [1.165, 1.54) is 17.2 Å². The van der Waals surface area contributed by atoms with Crippen LogP contribution in [0.4, 0.5) is 18.3 Å². The van der Waals surface area contributed by atoms with E-state index < -0.39 is 24.7 Å². The van der Waals surface area contributed by atoms with Gasteiger partial charge >= 0.3 is 6.18 Å². The average Bonchev–Trinajstić information content (AvgIpc) is 2.94. The molecule has 1 aliphatic rings. The van der Waals surface area contributed by atoms with Crippen LogP contribution >= 0.6 is 11.3 Å². The maximum absolute atomic E-state index is 13.2. The minimum Gasteiger partial charge on any atom is -0.349 e. The van der Waals surface area contributed by atoms with Crippen LogP contribution in [0.15, 0.2) is 5.38 Å². The first-order valence-corrected chi connectivity index (χ1v) is 8.18. The first-order valence-electron chi connectivity index (χ1n) is 7.30. The Labute approximate surface area is 140 Å². The number of anilines is 1. The molecular weight excluding hydrogens is 347 g/mol. The lowest BCUT2D eigenvalue weighted by Crippen LogP contribution is -2.57. The van der Waals surface area contributed by atoms with Gasteiger partial charge in [-0.2, -0.15) is 13.2 Å². The van der Waals surface area contributed by atoms with Crippen LogP contribution in [-0.4, -0.2) is 66.6 Å². The van der Waals surface area contributed by atoms with Gasteiger partial charge in [0, 0.05) is 45.0 Å². The molecule has 0 aromatic carbocycles. The number of nitrogens with zero attached hydrogens (tertiary/aromatic N) is 2. The van der Waals surface area contributed by atoms with Gasteiger partial charge in [-0.05, 0) is 0 Å². The summed E-state index contributed by atoms with van der Waals surface area (Å²) in [5.41, 5.74) is -0.0232. The highest BCUT2D eigenvalue weighted by Crippen LogP contribution is 2.25. The third kappa shape index (κ3) is 5.14. The Balaban J connectivity index is 1.96. The van der Waals surface area contributed by atoms with Gasteiger partial charge in [-0.15, -0.1) is 11.3 Å². The molecule has 134 valence electrons. The van der Waals surface area contributed by atoms with E-state index in [9.17, 15) is 22.8 Å². The number of piperazine rings is 1. The van der Waals surface area contributed by atoms with Crippen molar-refractivity contribution in [2.24, 2.45) is 0 Å². The molecule has 2 heterocycles. The molecule has 2 rings (SSSR count). The molecule has 0 spiro atoms. The van der Waals surface area contributed by atoms with E-state index in [0.29, 0.717) is 13.1 Å². The van der Waals surface area contributed by atoms with E-state index in [2.05, 4.69) is 20.9 Å². The largest absolute Gasteiger partial charge is 0.405 e. The predicted molar refractivity (Wildman–Crippen MR) is 83.0 cm³/mol. The zero-order chi connectivity index (χ0) is 17.7. The Morgan fingerprint density at radius 2 is 2.08 bits per heavy atom. The van der Waals surface area contributed by atoms with E-state index in [4.69, 9.17) is 0 Å². The van der Waals surface area contributed by atoms with Crippen LogP contribution in [0.1, 0.15) is 17.4 Å². The Hall–Kier alpha value is -1.72. The van der Waals surface area contributed by atoms with Crippen molar-refractivity contribution in [1.82, 2.24) is 20.5 Å². The van der Waals surface area contributed by atoms with Gasteiger partial charge in [0.2, 0.25) is 5.91 Å². The van der Waals surface area contributed by atoms with Gasteiger partial charge in [0.25, 0.3) is 5.91 Å². The molecule has 1 unspecified atom stereocenters. The van der Waals surface area contributed by atoms with Crippen LogP contribution < -0.4 is 16.0 Å². The van der Waals surface area contributed by atoms with E-state index in [-0.39, 0.29) is 29.8 Å². The third-order valence-corrected chi connectivity index (χ3v) is 4.20. The van der Waals surface area contributed by atoms with Gasteiger partial charge < -0.3 is 16.0 Å². The summed E-state index contributed by atoms with van der Waals surface area (Å²) < 4.78 is 39.7. The van der Waals surface area contributed by atoms with Gasteiger partial charge in [-0.1, -0.05) is 0 Å². The molecule has 1 saturated heterocycles. The lowest BCUT2D eigenvalue weighted by Gasteiger charge is -2.35. The van der Waals surface area contributed by atoms with Crippen LogP contribution in [0.5, 0.6) is 0 Å². The molecule has 2 amide bonds. The summed E-state index contributed by atoms with van der Waals surface area (Å²) in [6, 6.07) is -1.74. The Morgan fingerprint density at radius 3 is 2.67 bits per heavy atom. The molecule has 1 aromatic rings. The second-order valence-electron chi connectivity index (χ2n) is 5.27. The van der Waals surface area contributed by atoms with Gasteiger partial charge in [0.1, 0.15) is 11.7 Å². The van der Waals surface area contributed by atoms with Crippen molar-refractivity contribution in [3.63, 3.8) is 0 Å². The maximum atomic E-state index is 13.2. The summed E-state index contributed by atoms with van der Waals surface area (Å²) in [5, 5.41) is 9.29. The fourth-order valence-corrected chi connectivity index (χ4v) is 3.05. The minimum atomic E-state index is -4.44. The lowest BCUT2D eigenvalue weighted by atomic mass is 10.2. The van der Waals surface area contributed by atoms with Crippen molar-refractivity contribution >= 4 is 28.3 Å². The molecule has 11 heteroatoms.